The average Bonchev–Trinajstić information content (AvgIpc) is 3.82. The standard InChI is InChI=1S/C50H81NO21/c1-20-7-12-50(51-15-20)21(2)32-28(72-50)14-26-24-6-5-22-13-23(8-10-48(22,3)25(24)9-11-49(26,32)4)65-45-40(63)37(60)41(31(18-54)68-45)69-47-43(71-46-39(62)36(59)34(57)29(16-52)66-46)42(35(58)30(17-53)67-47)70-44-38(61)33(56)27(55)19-64-44/h5,20-21,23-47,51-63H,6-19H2,1-4H3/t20-,21+,23+,24-,25+,26+,27-,28+,29-,30-,31-,32+,33+,34-,35-,36+,37-,38-,39-,40-,41+,42+,43-,44+,45-,46+,47+,48+,49+,50+/m1/s1. The van der Waals surface area contributed by atoms with Gasteiger partial charge in [-0.25, -0.2) is 0 Å². The number of nitrogens with one attached hydrogen (secondary N) is 1. The molecular weight excluding hydrogens is 951 g/mol. The number of ether oxygens (including phenoxy) is 9. The van der Waals surface area contributed by atoms with E-state index in [0.717, 1.165) is 38.6 Å². The maximum Gasteiger partial charge on any atom is 0.187 e. The van der Waals surface area contributed by atoms with E-state index in [-0.39, 0.29) is 28.8 Å². The third kappa shape index (κ3) is 9.18. The quantitative estimate of drug-likeness (QED) is 0.0932. The molecule has 4 aliphatic carbocycles. The summed E-state index contributed by atoms with van der Waals surface area (Å²) in [7, 11) is 0. The number of aliphatic hydroxyl groups is 12. The lowest BCUT2D eigenvalue weighted by molar-refractivity contribution is -0.403. The molecule has 412 valence electrons. The van der Waals surface area contributed by atoms with Crippen molar-refractivity contribution in [3.63, 3.8) is 0 Å². The van der Waals surface area contributed by atoms with Gasteiger partial charge in [-0.3, -0.25) is 5.32 Å². The van der Waals surface area contributed by atoms with Crippen LogP contribution in [0.1, 0.15) is 85.5 Å². The lowest BCUT2D eigenvalue weighted by atomic mass is 9.47. The molecular formula is C50H81NO21. The van der Waals surface area contributed by atoms with Crippen molar-refractivity contribution in [2.24, 2.45) is 46.3 Å². The Bertz CT molecular complexity index is 1890. The van der Waals surface area contributed by atoms with Crippen LogP contribution in [-0.4, -0.2) is 229 Å². The van der Waals surface area contributed by atoms with E-state index in [1.807, 2.05) is 0 Å². The van der Waals surface area contributed by atoms with Crippen LogP contribution in [0, 0.1) is 46.3 Å². The first-order chi connectivity index (χ1) is 34.3. The molecule has 6 heterocycles. The fourth-order valence-electron chi connectivity index (χ4n) is 15.5. The van der Waals surface area contributed by atoms with Crippen molar-refractivity contribution in [1.29, 1.82) is 0 Å². The Hall–Kier alpha value is -1.14. The van der Waals surface area contributed by atoms with E-state index in [1.165, 1.54) is 18.4 Å². The van der Waals surface area contributed by atoms with Gasteiger partial charge in [0, 0.05) is 12.5 Å². The Kier molecular flexibility index (Phi) is 15.7. The fourth-order valence-corrected chi connectivity index (χ4v) is 15.5. The van der Waals surface area contributed by atoms with Gasteiger partial charge < -0.3 is 104 Å². The molecule has 0 aromatic carbocycles. The lowest BCUT2D eigenvalue weighted by Crippen LogP contribution is -2.68. The molecule has 3 saturated carbocycles. The molecule has 10 aliphatic rings. The molecule has 6 saturated heterocycles. The Morgan fingerprint density at radius 1 is 0.625 bits per heavy atom. The number of piperidine rings is 1. The number of aliphatic hydroxyl groups excluding tert-OH is 12. The molecule has 22 nitrogen and oxygen atoms in total. The van der Waals surface area contributed by atoms with Gasteiger partial charge in [0.05, 0.1) is 38.6 Å². The summed E-state index contributed by atoms with van der Waals surface area (Å²) in [5, 5.41) is 133. The Labute approximate surface area is 419 Å². The molecule has 6 aliphatic heterocycles. The zero-order valence-electron chi connectivity index (χ0n) is 41.6. The van der Waals surface area contributed by atoms with Gasteiger partial charge >= 0.3 is 0 Å². The predicted octanol–water partition coefficient (Wildman–Crippen LogP) is -2.78. The van der Waals surface area contributed by atoms with E-state index in [0.29, 0.717) is 48.3 Å². The minimum atomic E-state index is -2.00. The molecule has 72 heavy (non-hydrogen) atoms. The Morgan fingerprint density at radius 3 is 1.97 bits per heavy atom. The minimum Gasteiger partial charge on any atom is -0.394 e. The molecule has 0 unspecified atom stereocenters. The maximum atomic E-state index is 11.8. The van der Waals surface area contributed by atoms with E-state index >= 15 is 0 Å². The van der Waals surface area contributed by atoms with Gasteiger partial charge in [-0.15, -0.1) is 0 Å². The highest BCUT2D eigenvalue weighted by atomic mass is 16.8. The first-order valence-corrected chi connectivity index (χ1v) is 26.5. The second-order valence-electron chi connectivity index (χ2n) is 23.6. The molecule has 9 fully saturated rings. The minimum absolute atomic E-state index is 0.0350. The zero-order chi connectivity index (χ0) is 51.3. The highest BCUT2D eigenvalue weighted by Gasteiger charge is 2.68. The van der Waals surface area contributed by atoms with Crippen LogP contribution in [0.5, 0.6) is 0 Å². The first kappa shape index (κ1) is 54.2. The van der Waals surface area contributed by atoms with Crippen molar-refractivity contribution in [3.05, 3.63) is 11.6 Å². The van der Waals surface area contributed by atoms with E-state index < -0.39 is 143 Å². The van der Waals surface area contributed by atoms with Crippen LogP contribution in [0.2, 0.25) is 0 Å². The Morgan fingerprint density at radius 2 is 1.26 bits per heavy atom. The fraction of sp³-hybridized carbons (Fsp3) is 0.960. The molecule has 0 bridgehead atoms. The Balaban J connectivity index is 0.826. The van der Waals surface area contributed by atoms with E-state index in [4.69, 9.17) is 42.6 Å². The summed E-state index contributed by atoms with van der Waals surface area (Å²) in [6.45, 7) is 7.70. The second-order valence-corrected chi connectivity index (χ2v) is 23.6. The van der Waals surface area contributed by atoms with Crippen molar-refractivity contribution in [2.45, 2.75) is 220 Å². The van der Waals surface area contributed by atoms with E-state index in [9.17, 15) is 61.3 Å². The van der Waals surface area contributed by atoms with Crippen LogP contribution < -0.4 is 5.32 Å². The number of allylic oxidation sites excluding steroid dienone is 1. The van der Waals surface area contributed by atoms with Crippen LogP contribution >= 0.6 is 0 Å². The lowest BCUT2D eigenvalue weighted by Gasteiger charge is -2.59. The van der Waals surface area contributed by atoms with Gasteiger partial charge in [0.1, 0.15) is 97.3 Å². The van der Waals surface area contributed by atoms with Crippen molar-refractivity contribution in [3.8, 4) is 0 Å². The SMILES string of the molecule is C[C@@H]1CC[C@]2(NC1)O[C@H]1C[C@H]3[C@@H]4CC=C5C[C@@H](O[C@@H]6O[C@H](CO)[C@H](O[C@@H]7O[C@H](CO)[C@@H](O)[C@H](O[C@@H]8OC[C@@H](O)[C@H](O)[C@H]8O)[C@H]7O[C@@H]7O[C@H](CO)[C@@H](O)[C@H](O)[C@H]7O)[C@H](O)[C@H]6O)CC[C@]5(C)[C@H]4CC[C@]3(C)[C@H]1[C@@H]2C. The highest BCUT2D eigenvalue weighted by Crippen LogP contribution is 2.70. The van der Waals surface area contributed by atoms with Gasteiger partial charge in [0.25, 0.3) is 0 Å². The number of hydrogen-bond acceptors (Lipinski definition) is 22. The molecule has 0 aromatic rings. The van der Waals surface area contributed by atoms with Gasteiger partial charge in [0.15, 0.2) is 25.2 Å². The number of rotatable bonds is 11. The third-order valence-corrected chi connectivity index (χ3v) is 19.7. The van der Waals surface area contributed by atoms with Crippen LogP contribution in [0.15, 0.2) is 11.6 Å². The molecule has 13 N–H and O–H groups in total. The summed E-state index contributed by atoms with van der Waals surface area (Å²) < 4.78 is 54.9. The molecule has 1 spiro atoms. The number of fused-ring (bicyclic) bond motifs is 7. The average molecular weight is 1030 g/mol. The van der Waals surface area contributed by atoms with Gasteiger partial charge in [0.2, 0.25) is 0 Å². The number of hydrogen-bond donors (Lipinski definition) is 13. The smallest absolute Gasteiger partial charge is 0.187 e. The topological polar surface area (TPSA) is 338 Å². The largest absolute Gasteiger partial charge is 0.394 e. The van der Waals surface area contributed by atoms with E-state index in [2.05, 4.69) is 39.1 Å². The molecule has 0 amide bonds. The van der Waals surface area contributed by atoms with Crippen molar-refractivity contribution in [2.75, 3.05) is 33.0 Å². The molecule has 0 radical (unpaired) electrons. The summed E-state index contributed by atoms with van der Waals surface area (Å²) in [4.78, 5) is 0. The zero-order valence-corrected chi connectivity index (χ0v) is 41.6. The van der Waals surface area contributed by atoms with E-state index in [1.54, 1.807) is 0 Å². The molecule has 22 heteroatoms. The van der Waals surface area contributed by atoms with Crippen LogP contribution in [0.4, 0.5) is 0 Å². The monoisotopic (exact) mass is 1030 g/mol. The molecule has 0 aromatic heterocycles. The van der Waals surface area contributed by atoms with Gasteiger partial charge in [-0.1, -0.05) is 39.3 Å². The van der Waals surface area contributed by atoms with Crippen LogP contribution in [-0.2, 0) is 42.6 Å². The summed E-state index contributed by atoms with van der Waals surface area (Å²) in [5.74, 6) is 3.27. The first-order valence-electron chi connectivity index (χ1n) is 26.5. The van der Waals surface area contributed by atoms with Crippen molar-refractivity contribution >= 4 is 0 Å². The summed E-state index contributed by atoms with van der Waals surface area (Å²) >= 11 is 0. The van der Waals surface area contributed by atoms with Crippen molar-refractivity contribution < 1.29 is 104 Å². The predicted molar refractivity (Wildman–Crippen MR) is 244 cm³/mol. The van der Waals surface area contributed by atoms with Crippen LogP contribution in [0.3, 0.4) is 0 Å². The van der Waals surface area contributed by atoms with Crippen LogP contribution in [0.25, 0.3) is 0 Å². The van der Waals surface area contributed by atoms with Gasteiger partial charge in [-0.2, -0.15) is 0 Å². The molecule has 10 rings (SSSR count). The van der Waals surface area contributed by atoms with Gasteiger partial charge in [-0.05, 0) is 98.2 Å². The highest BCUT2D eigenvalue weighted by molar-refractivity contribution is 5.27. The third-order valence-electron chi connectivity index (χ3n) is 19.7. The summed E-state index contributed by atoms with van der Waals surface area (Å²) in [5.41, 5.74) is 1.29. The second kappa shape index (κ2) is 20.9. The summed E-state index contributed by atoms with van der Waals surface area (Å²) in [6, 6.07) is 0. The normalized spacial score (nSPS) is 56.7. The summed E-state index contributed by atoms with van der Waals surface area (Å²) in [6.07, 6.45) is -21.8. The molecule has 30 atom stereocenters. The maximum absolute atomic E-state index is 11.8. The van der Waals surface area contributed by atoms with Crippen molar-refractivity contribution in [1.82, 2.24) is 5.32 Å².